The van der Waals surface area contributed by atoms with Crippen molar-refractivity contribution in [2.24, 2.45) is 0 Å². The van der Waals surface area contributed by atoms with Crippen molar-refractivity contribution >= 4 is 25.2 Å². The van der Waals surface area contributed by atoms with Crippen molar-refractivity contribution in [3.05, 3.63) is 0 Å². The summed E-state index contributed by atoms with van der Waals surface area (Å²) in [6, 6.07) is 0. The molecule has 0 saturated carbocycles. The molecule has 0 aromatic carbocycles. The van der Waals surface area contributed by atoms with E-state index in [9.17, 15) is 14.5 Å². The van der Waals surface area contributed by atoms with Gasteiger partial charge in [0.25, 0.3) is 0 Å². The predicted octanol–water partition coefficient (Wildman–Crippen LogP) is 5.50. The van der Waals surface area contributed by atoms with Crippen LogP contribution in [-0.4, -0.2) is 38.7 Å². The Morgan fingerprint density at radius 3 is 1.75 bits per heavy atom. The molecule has 6 nitrogen and oxygen atoms in total. The molecule has 0 amide bonds. The van der Waals surface area contributed by atoms with Gasteiger partial charge in [0.05, 0.1) is 6.10 Å². The first kappa shape index (κ1) is 27.9. The van der Waals surface area contributed by atoms with E-state index in [0.717, 1.165) is 19.3 Å². The van der Waals surface area contributed by atoms with Crippen molar-refractivity contribution in [2.75, 3.05) is 6.61 Å². The number of hydrogen-bond acceptors (Lipinski definition) is 4. The Bertz CT molecular complexity index is 429. The lowest BCUT2D eigenvalue weighted by atomic mass is 10.0. The largest absolute Gasteiger partial charge is 0.463 e. The van der Waals surface area contributed by atoms with Crippen LogP contribution >= 0.6 is 19.2 Å². The summed E-state index contributed by atoms with van der Waals surface area (Å²) in [5.41, 5.74) is 0. The summed E-state index contributed by atoms with van der Waals surface area (Å²) in [5.74, 6) is -0.399. The fourth-order valence-corrected chi connectivity index (χ4v) is 3.70. The van der Waals surface area contributed by atoms with E-state index in [2.05, 4.69) is 6.92 Å². The normalized spacial score (nSPS) is 14.0. The van der Waals surface area contributed by atoms with Crippen LogP contribution in [0.15, 0.2) is 0 Å². The Hall–Kier alpha value is -0.130. The van der Waals surface area contributed by atoms with Gasteiger partial charge < -0.3 is 19.6 Å². The molecule has 0 saturated heterocycles. The molecule has 3 N–H and O–H groups in total. The van der Waals surface area contributed by atoms with Gasteiger partial charge in [0, 0.05) is 12.8 Å². The molecule has 0 aliphatic heterocycles. The van der Waals surface area contributed by atoms with Gasteiger partial charge in [-0.25, -0.2) is 0 Å². The number of aliphatic hydroxyl groups is 1. The summed E-state index contributed by atoms with van der Waals surface area (Å²) in [7, 11) is -4.44. The first-order valence-corrected chi connectivity index (χ1v) is 12.9. The molecule has 0 fully saturated rings. The lowest BCUT2D eigenvalue weighted by molar-refractivity contribution is -0.146. The molecular formula is C20H40ClO6P. The van der Waals surface area contributed by atoms with Crippen molar-refractivity contribution in [3.63, 3.8) is 0 Å². The average Bonchev–Trinajstić information content (AvgIpc) is 2.63. The highest BCUT2D eigenvalue weighted by Crippen LogP contribution is 2.45. The lowest BCUT2D eigenvalue weighted by Gasteiger charge is -2.16. The second kappa shape index (κ2) is 17.7. The fraction of sp³-hybridized carbons (Fsp3) is 0.950. The molecule has 0 aliphatic rings. The van der Waals surface area contributed by atoms with E-state index in [-0.39, 0.29) is 13.0 Å². The van der Waals surface area contributed by atoms with Gasteiger partial charge in [0.1, 0.15) is 11.7 Å². The molecule has 0 heterocycles. The highest BCUT2D eigenvalue weighted by molar-refractivity contribution is 7.54. The molecule has 0 radical (unpaired) electrons. The lowest BCUT2D eigenvalue weighted by Crippen LogP contribution is -2.22. The second-order valence-corrected chi connectivity index (χ2v) is 10.2. The number of carbonyl (C=O) groups is 1. The molecule has 1 unspecified atom stereocenters. The summed E-state index contributed by atoms with van der Waals surface area (Å²) in [5, 5.41) is 8.14. The second-order valence-electron chi connectivity index (χ2n) is 7.59. The summed E-state index contributed by atoms with van der Waals surface area (Å²) in [4.78, 5) is 29.3. The smallest absolute Gasteiger partial charge is 0.343 e. The zero-order valence-electron chi connectivity index (χ0n) is 17.4. The van der Waals surface area contributed by atoms with Crippen LogP contribution in [0.25, 0.3) is 0 Å². The first-order chi connectivity index (χ1) is 13.3. The zero-order chi connectivity index (χ0) is 21.3. The maximum absolute atomic E-state index is 11.6. The molecule has 0 rings (SSSR count). The van der Waals surface area contributed by atoms with Crippen molar-refractivity contribution < 1.29 is 29.0 Å². The molecule has 28 heavy (non-hydrogen) atoms. The van der Waals surface area contributed by atoms with Gasteiger partial charge in [-0.1, -0.05) is 84.0 Å². The molecule has 0 aliphatic carbocycles. The molecule has 0 aromatic heterocycles. The van der Waals surface area contributed by atoms with E-state index in [4.69, 9.17) is 26.1 Å². The minimum atomic E-state index is -4.44. The van der Waals surface area contributed by atoms with E-state index in [1.54, 1.807) is 0 Å². The summed E-state index contributed by atoms with van der Waals surface area (Å²) < 4.78 is 15.8. The maximum Gasteiger partial charge on any atom is 0.343 e. The minimum absolute atomic E-state index is 0.291. The highest BCUT2D eigenvalue weighted by atomic mass is 35.5. The Kier molecular flexibility index (Phi) is 17.6. The van der Waals surface area contributed by atoms with Gasteiger partial charge in [-0.2, -0.15) is 0 Å². The van der Waals surface area contributed by atoms with E-state index in [0.29, 0.717) is 6.42 Å². The standard InChI is InChI=1S/C20H40ClO6P/c1-2-3-4-5-6-7-8-9-10-11-12-13-14-15-20(23)27-17-18(22)16-19(21)28(24,25)26/h18-19,22H,2-17H2,1H3,(H2,24,25,26)/t18-,19?/m0/s1. The maximum atomic E-state index is 11.6. The van der Waals surface area contributed by atoms with Crippen LogP contribution in [0.4, 0.5) is 0 Å². The topological polar surface area (TPSA) is 104 Å². The number of rotatable bonds is 19. The number of carbonyl (C=O) groups excluding carboxylic acids is 1. The predicted molar refractivity (Wildman–Crippen MR) is 114 cm³/mol. The third-order valence-corrected chi connectivity index (χ3v) is 6.63. The molecule has 0 aromatic rings. The van der Waals surface area contributed by atoms with Crippen molar-refractivity contribution in [2.45, 2.75) is 114 Å². The number of alkyl halides is 1. The Morgan fingerprint density at radius 1 is 0.893 bits per heavy atom. The molecule has 2 atom stereocenters. The molecular weight excluding hydrogens is 403 g/mol. The fourth-order valence-electron chi connectivity index (χ4n) is 2.98. The van der Waals surface area contributed by atoms with Crippen LogP contribution in [0.2, 0.25) is 0 Å². The number of esters is 1. The highest BCUT2D eigenvalue weighted by Gasteiger charge is 2.29. The van der Waals surface area contributed by atoms with Crippen molar-refractivity contribution in [1.82, 2.24) is 0 Å². The number of unbranched alkanes of at least 4 members (excludes halogenated alkanes) is 12. The van der Waals surface area contributed by atoms with Gasteiger partial charge in [-0.3, -0.25) is 9.36 Å². The third kappa shape index (κ3) is 17.9. The van der Waals surface area contributed by atoms with Gasteiger partial charge in [-0.05, 0) is 6.42 Å². The van der Waals surface area contributed by atoms with Crippen LogP contribution in [0.1, 0.15) is 103 Å². The molecule has 8 heteroatoms. The first-order valence-electron chi connectivity index (χ1n) is 10.8. The minimum Gasteiger partial charge on any atom is -0.463 e. The number of aliphatic hydroxyl groups excluding tert-OH is 1. The Balaban J connectivity index is 3.43. The van der Waals surface area contributed by atoms with E-state index in [1.807, 2.05) is 0 Å². The monoisotopic (exact) mass is 442 g/mol. The van der Waals surface area contributed by atoms with Crippen LogP contribution in [0.5, 0.6) is 0 Å². The molecule has 168 valence electrons. The van der Waals surface area contributed by atoms with Gasteiger partial charge >= 0.3 is 13.6 Å². The van der Waals surface area contributed by atoms with Gasteiger partial charge in [0.2, 0.25) is 0 Å². The van der Waals surface area contributed by atoms with Crippen LogP contribution in [0.3, 0.4) is 0 Å². The van der Waals surface area contributed by atoms with E-state index in [1.165, 1.54) is 64.2 Å². The van der Waals surface area contributed by atoms with Gasteiger partial charge in [0.15, 0.2) is 0 Å². The quantitative estimate of drug-likeness (QED) is 0.105. The number of hydrogen-bond donors (Lipinski definition) is 3. The van der Waals surface area contributed by atoms with Crippen molar-refractivity contribution in [3.8, 4) is 0 Å². The summed E-state index contributed by atoms with van der Waals surface area (Å²) in [6.45, 7) is 1.95. The van der Waals surface area contributed by atoms with Crippen molar-refractivity contribution in [1.29, 1.82) is 0 Å². The number of ether oxygens (including phenoxy) is 1. The molecule has 0 bridgehead atoms. The molecule has 0 spiro atoms. The van der Waals surface area contributed by atoms with Crippen LogP contribution < -0.4 is 0 Å². The number of halogens is 1. The van der Waals surface area contributed by atoms with Gasteiger partial charge in [-0.15, -0.1) is 11.6 Å². The Morgan fingerprint density at radius 2 is 1.32 bits per heavy atom. The van der Waals surface area contributed by atoms with E-state index < -0.39 is 24.8 Å². The SMILES string of the molecule is CCCCCCCCCCCCCCCC(=O)OC[C@@H](O)CC(Cl)P(=O)(O)O. The Labute approximate surface area is 175 Å². The zero-order valence-corrected chi connectivity index (χ0v) is 19.0. The summed E-state index contributed by atoms with van der Waals surface area (Å²) >= 11 is 5.50. The third-order valence-electron chi connectivity index (χ3n) is 4.75. The van der Waals surface area contributed by atoms with E-state index >= 15 is 0 Å². The average molecular weight is 443 g/mol. The van der Waals surface area contributed by atoms with Crippen LogP contribution in [-0.2, 0) is 14.1 Å². The van der Waals surface area contributed by atoms with Crippen LogP contribution in [0, 0.1) is 0 Å². The summed E-state index contributed by atoms with van der Waals surface area (Å²) in [6.07, 6.45) is 14.8.